The summed E-state index contributed by atoms with van der Waals surface area (Å²) >= 11 is 6.95. The lowest BCUT2D eigenvalue weighted by atomic mass is 10.3. The van der Waals surface area contributed by atoms with Crippen molar-refractivity contribution < 1.29 is 14.4 Å². The molecule has 0 bridgehead atoms. The third-order valence-electron chi connectivity index (χ3n) is 2.98. The van der Waals surface area contributed by atoms with Crippen molar-refractivity contribution in [2.75, 3.05) is 23.4 Å². The lowest BCUT2D eigenvalue weighted by Crippen LogP contribution is -2.38. The highest BCUT2D eigenvalue weighted by atomic mass is 35.5. The zero-order valence-corrected chi connectivity index (χ0v) is 14.0. The second-order valence-electron chi connectivity index (χ2n) is 5.17. The van der Waals surface area contributed by atoms with Crippen LogP contribution in [0.25, 0.3) is 0 Å². The Bertz CT molecular complexity index is 576. The summed E-state index contributed by atoms with van der Waals surface area (Å²) in [6, 6.07) is 7.06. The standard InChI is InChI=1S/C15H18ClN3O3S/c16-10-1-3-11(4-2-10)19-15(22)9-23-8-14(21)17-7-13(20)18-12-5-6-12/h1-4,12H,5-9H2,(H,17,21)(H,18,20)(H,19,22). The minimum Gasteiger partial charge on any atom is -0.352 e. The summed E-state index contributed by atoms with van der Waals surface area (Å²) in [6.07, 6.45) is 2.02. The Morgan fingerprint density at radius 1 is 1.04 bits per heavy atom. The van der Waals surface area contributed by atoms with Gasteiger partial charge in [0, 0.05) is 16.8 Å². The van der Waals surface area contributed by atoms with E-state index in [0.29, 0.717) is 10.7 Å². The van der Waals surface area contributed by atoms with Gasteiger partial charge in [-0.3, -0.25) is 14.4 Å². The van der Waals surface area contributed by atoms with Gasteiger partial charge in [-0.15, -0.1) is 11.8 Å². The molecule has 1 aromatic carbocycles. The van der Waals surface area contributed by atoms with E-state index in [-0.39, 0.29) is 41.8 Å². The van der Waals surface area contributed by atoms with E-state index >= 15 is 0 Å². The highest BCUT2D eigenvalue weighted by Gasteiger charge is 2.23. The fourth-order valence-corrected chi connectivity index (χ4v) is 2.48. The Morgan fingerprint density at radius 2 is 1.70 bits per heavy atom. The summed E-state index contributed by atoms with van der Waals surface area (Å²) < 4.78 is 0. The number of thioether (sulfide) groups is 1. The van der Waals surface area contributed by atoms with E-state index in [2.05, 4.69) is 16.0 Å². The van der Waals surface area contributed by atoms with E-state index in [1.165, 1.54) is 11.8 Å². The lowest BCUT2D eigenvalue weighted by Gasteiger charge is -2.07. The average Bonchev–Trinajstić information content (AvgIpc) is 3.31. The quantitative estimate of drug-likeness (QED) is 0.658. The summed E-state index contributed by atoms with van der Waals surface area (Å²) in [5.41, 5.74) is 0.654. The van der Waals surface area contributed by atoms with Gasteiger partial charge in [0.25, 0.3) is 0 Å². The van der Waals surface area contributed by atoms with E-state index < -0.39 is 0 Å². The van der Waals surface area contributed by atoms with Crippen molar-refractivity contribution in [2.24, 2.45) is 0 Å². The number of carbonyl (C=O) groups is 3. The molecule has 124 valence electrons. The second kappa shape index (κ2) is 8.79. The van der Waals surface area contributed by atoms with Gasteiger partial charge in [-0.1, -0.05) is 11.6 Å². The SMILES string of the molecule is O=C(CSCC(=O)Nc1ccc(Cl)cc1)NCC(=O)NC1CC1. The number of hydrogen-bond acceptors (Lipinski definition) is 4. The van der Waals surface area contributed by atoms with Crippen molar-refractivity contribution in [1.82, 2.24) is 10.6 Å². The van der Waals surface area contributed by atoms with Crippen LogP contribution < -0.4 is 16.0 Å². The average molecular weight is 356 g/mol. The van der Waals surface area contributed by atoms with Crippen LogP contribution in [0.1, 0.15) is 12.8 Å². The number of anilines is 1. The molecule has 3 N–H and O–H groups in total. The molecule has 0 unspecified atom stereocenters. The van der Waals surface area contributed by atoms with Gasteiger partial charge in [-0.2, -0.15) is 0 Å². The molecule has 8 heteroatoms. The molecule has 23 heavy (non-hydrogen) atoms. The van der Waals surface area contributed by atoms with Gasteiger partial charge in [-0.25, -0.2) is 0 Å². The predicted molar refractivity (Wildman–Crippen MR) is 91.6 cm³/mol. The summed E-state index contributed by atoms with van der Waals surface area (Å²) in [6.45, 7) is -0.0210. The Balaban J connectivity index is 1.56. The van der Waals surface area contributed by atoms with Gasteiger partial charge < -0.3 is 16.0 Å². The molecule has 0 radical (unpaired) electrons. The van der Waals surface area contributed by atoms with Crippen LogP contribution in [0.3, 0.4) is 0 Å². The molecule has 0 heterocycles. The first-order chi connectivity index (χ1) is 11.0. The maximum absolute atomic E-state index is 11.7. The summed E-state index contributed by atoms with van der Waals surface area (Å²) in [4.78, 5) is 34.7. The fourth-order valence-electron chi connectivity index (χ4n) is 1.70. The third-order valence-corrected chi connectivity index (χ3v) is 4.17. The zero-order chi connectivity index (χ0) is 16.7. The van der Waals surface area contributed by atoms with E-state index in [1.54, 1.807) is 24.3 Å². The van der Waals surface area contributed by atoms with Gasteiger partial charge in [-0.05, 0) is 37.1 Å². The number of rotatable bonds is 8. The van der Waals surface area contributed by atoms with Crippen LogP contribution >= 0.6 is 23.4 Å². The van der Waals surface area contributed by atoms with Crippen molar-refractivity contribution >= 4 is 46.8 Å². The maximum Gasteiger partial charge on any atom is 0.239 e. The van der Waals surface area contributed by atoms with E-state index in [1.807, 2.05) is 0 Å². The molecule has 1 aliphatic rings. The summed E-state index contributed by atoms with van der Waals surface area (Å²) in [7, 11) is 0. The lowest BCUT2D eigenvalue weighted by molar-refractivity contribution is -0.124. The van der Waals surface area contributed by atoms with Crippen LogP contribution in [0.15, 0.2) is 24.3 Å². The van der Waals surface area contributed by atoms with E-state index in [4.69, 9.17) is 11.6 Å². The molecule has 1 aliphatic carbocycles. The predicted octanol–water partition coefficient (Wildman–Crippen LogP) is 1.41. The van der Waals surface area contributed by atoms with Gasteiger partial charge >= 0.3 is 0 Å². The molecule has 1 saturated carbocycles. The maximum atomic E-state index is 11.7. The summed E-state index contributed by atoms with van der Waals surface area (Å²) in [5, 5.41) is 8.61. The molecular weight excluding hydrogens is 338 g/mol. The van der Waals surface area contributed by atoms with Crippen molar-refractivity contribution in [3.63, 3.8) is 0 Å². The Morgan fingerprint density at radius 3 is 2.35 bits per heavy atom. The van der Waals surface area contributed by atoms with Crippen molar-refractivity contribution in [3.05, 3.63) is 29.3 Å². The van der Waals surface area contributed by atoms with Gasteiger partial charge in [0.05, 0.1) is 18.1 Å². The molecule has 0 aromatic heterocycles. The van der Waals surface area contributed by atoms with Crippen LogP contribution in [-0.4, -0.2) is 41.8 Å². The molecule has 0 spiro atoms. The fraction of sp³-hybridized carbons (Fsp3) is 0.400. The molecule has 0 atom stereocenters. The van der Waals surface area contributed by atoms with Gasteiger partial charge in [0.1, 0.15) is 0 Å². The first-order valence-corrected chi connectivity index (χ1v) is 8.75. The number of nitrogens with one attached hydrogen (secondary N) is 3. The van der Waals surface area contributed by atoms with Crippen LogP contribution in [0.4, 0.5) is 5.69 Å². The monoisotopic (exact) mass is 355 g/mol. The van der Waals surface area contributed by atoms with Gasteiger partial charge in [0.2, 0.25) is 17.7 Å². The molecular formula is C15H18ClN3O3S. The summed E-state index contributed by atoms with van der Waals surface area (Å²) in [5.74, 6) is -0.349. The number of halogens is 1. The van der Waals surface area contributed by atoms with Crippen molar-refractivity contribution in [3.8, 4) is 0 Å². The molecule has 6 nitrogen and oxygen atoms in total. The van der Waals surface area contributed by atoms with Crippen LogP contribution in [0.2, 0.25) is 5.02 Å². The first kappa shape index (κ1) is 17.6. The highest BCUT2D eigenvalue weighted by molar-refractivity contribution is 8.00. The molecule has 2 rings (SSSR count). The smallest absolute Gasteiger partial charge is 0.239 e. The van der Waals surface area contributed by atoms with Crippen LogP contribution in [0.5, 0.6) is 0 Å². The Labute approximate surface area is 143 Å². The van der Waals surface area contributed by atoms with Crippen molar-refractivity contribution in [2.45, 2.75) is 18.9 Å². The zero-order valence-electron chi connectivity index (χ0n) is 12.4. The number of hydrogen-bond donors (Lipinski definition) is 3. The number of amides is 3. The minimum atomic E-state index is -0.264. The highest BCUT2D eigenvalue weighted by Crippen LogP contribution is 2.18. The normalized spacial score (nSPS) is 13.3. The second-order valence-corrected chi connectivity index (χ2v) is 6.59. The van der Waals surface area contributed by atoms with Crippen molar-refractivity contribution in [1.29, 1.82) is 0 Å². The topological polar surface area (TPSA) is 87.3 Å². The number of benzene rings is 1. The Kier molecular flexibility index (Phi) is 6.73. The molecule has 1 fully saturated rings. The van der Waals surface area contributed by atoms with Crippen LogP contribution in [-0.2, 0) is 14.4 Å². The molecule has 1 aromatic rings. The molecule has 0 saturated heterocycles. The van der Waals surface area contributed by atoms with E-state index in [9.17, 15) is 14.4 Å². The minimum absolute atomic E-state index is 0.0210. The van der Waals surface area contributed by atoms with E-state index in [0.717, 1.165) is 12.8 Å². The number of carbonyl (C=O) groups excluding carboxylic acids is 3. The third kappa shape index (κ3) is 7.38. The molecule has 0 aliphatic heterocycles. The largest absolute Gasteiger partial charge is 0.352 e. The molecule has 3 amide bonds. The van der Waals surface area contributed by atoms with Gasteiger partial charge in [0.15, 0.2) is 0 Å². The first-order valence-electron chi connectivity index (χ1n) is 7.22. The Hall–Kier alpha value is -1.73. The van der Waals surface area contributed by atoms with Crippen LogP contribution in [0, 0.1) is 0 Å².